The summed E-state index contributed by atoms with van der Waals surface area (Å²) in [5.41, 5.74) is 3.00. The lowest BCUT2D eigenvalue weighted by atomic mass is 10.00. The third-order valence-electron chi connectivity index (χ3n) is 2.73. The molecule has 0 spiro atoms. The topological polar surface area (TPSA) is 0 Å². The fraction of sp³-hybridized carbons (Fsp3) is 0.385. The molecule has 1 aromatic heterocycles. The molecular weight excluding hydrogens is 188 g/mol. The van der Waals surface area contributed by atoms with Gasteiger partial charge in [-0.05, 0) is 46.2 Å². The second kappa shape index (κ2) is 4.14. The van der Waals surface area contributed by atoms with Gasteiger partial charge in [0.05, 0.1) is 0 Å². The molecular formula is C13H16S. The van der Waals surface area contributed by atoms with Crippen molar-refractivity contribution >= 4 is 16.9 Å². The number of allylic oxidation sites excluding steroid dienone is 4. The average molecular weight is 204 g/mol. The lowest BCUT2D eigenvalue weighted by Crippen LogP contribution is -1.89. The maximum absolute atomic E-state index is 2.33. The quantitative estimate of drug-likeness (QED) is 0.637. The smallest absolute Gasteiger partial charge is 0.00179 e. The molecule has 1 aromatic rings. The molecule has 0 nitrogen and oxygen atoms in total. The Morgan fingerprint density at radius 3 is 2.93 bits per heavy atom. The van der Waals surface area contributed by atoms with Gasteiger partial charge in [0, 0.05) is 0 Å². The van der Waals surface area contributed by atoms with E-state index in [-0.39, 0.29) is 0 Å². The highest BCUT2D eigenvalue weighted by Crippen LogP contribution is 2.51. The van der Waals surface area contributed by atoms with Crippen molar-refractivity contribution in [1.82, 2.24) is 0 Å². The SMILES string of the molecule is C1=CC2CC2C(c2ccsc2)=C1.CC. The van der Waals surface area contributed by atoms with Gasteiger partial charge >= 0.3 is 0 Å². The Morgan fingerprint density at radius 1 is 1.36 bits per heavy atom. The van der Waals surface area contributed by atoms with E-state index in [4.69, 9.17) is 0 Å². The first-order chi connectivity index (χ1) is 6.95. The minimum atomic E-state index is 0.851. The first-order valence-corrected chi connectivity index (χ1v) is 6.30. The van der Waals surface area contributed by atoms with Gasteiger partial charge in [0.25, 0.3) is 0 Å². The van der Waals surface area contributed by atoms with E-state index in [1.165, 1.54) is 12.0 Å². The van der Waals surface area contributed by atoms with Crippen molar-refractivity contribution in [2.45, 2.75) is 20.3 Å². The first-order valence-electron chi connectivity index (χ1n) is 5.36. The Balaban J connectivity index is 0.000000354. The summed E-state index contributed by atoms with van der Waals surface area (Å²) in [7, 11) is 0. The molecule has 0 bridgehead atoms. The van der Waals surface area contributed by atoms with Crippen LogP contribution in [-0.2, 0) is 0 Å². The van der Waals surface area contributed by atoms with Crippen LogP contribution in [0.4, 0.5) is 0 Å². The zero-order valence-electron chi connectivity index (χ0n) is 8.73. The predicted octanol–water partition coefficient (Wildman–Crippen LogP) is 4.36. The standard InChI is InChI=1S/C11H10S.C2H6/c1-2-8-6-11(8)10(3-1)9-4-5-12-7-9;1-2/h1-5,7-8,11H,6H2;1-2H3. The molecule has 1 heterocycles. The fourth-order valence-corrected chi connectivity index (χ4v) is 2.61. The molecule has 2 aliphatic rings. The first kappa shape index (κ1) is 9.72. The van der Waals surface area contributed by atoms with Crippen LogP contribution in [0.25, 0.3) is 5.57 Å². The molecule has 2 aliphatic carbocycles. The van der Waals surface area contributed by atoms with E-state index in [1.807, 2.05) is 13.8 Å². The molecule has 0 radical (unpaired) electrons. The van der Waals surface area contributed by atoms with Gasteiger partial charge < -0.3 is 0 Å². The minimum absolute atomic E-state index is 0.851. The maximum Gasteiger partial charge on any atom is -0.00179 e. The van der Waals surface area contributed by atoms with E-state index in [0.29, 0.717) is 0 Å². The number of rotatable bonds is 1. The number of hydrogen-bond donors (Lipinski definition) is 0. The Hall–Kier alpha value is -0.820. The lowest BCUT2D eigenvalue weighted by molar-refractivity contribution is 1.000. The van der Waals surface area contributed by atoms with E-state index < -0.39 is 0 Å². The second-order valence-corrected chi connectivity index (χ2v) is 4.31. The normalized spacial score (nSPS) is 27.1. The number of hydrogen-bond acceptors (Lipinski definition) is 1. The summed E-state index contributed by atoms with van der Waals surface area (Å²) in [4.78, 5) is 0. The molecule has 3 rings (SSSR count). The third kappa shape index (κ3) is 1.69. The van der Waals surface area contributed by atoms with Crippen molar-refractivity contribution in [2.24, 2.45) is 11.8 Å². The highest BCUT2D eigenvalue weighted by Gasteiger charge is 2.39. The van der Waals surface area contributed by atoms with Crippen LogP contribution in [0.3, 0.4) is 0 Å². The summed E-state index contributed by atoms with van der Waals surface area (Å²) in [6, 6.07) is 2.23. The Labute approximate surface area is 90.0 Å². The summed E-state index contributed by atoms with van der Waals surface area (Å²) >= 11 is 1.79. The van der Waals surface area contributed by atoms with Crippen molar-refractivity contribution < 1.29 is 0 Å². The molecule has 0 N–H and O–H groups in total. The van der Waals surface area contributed by atoms with Gasteiger partial charge in [-0.1, -0.05) is 32.1 Å². The second-order valence-electron chi connectivity index (χ2n) is 3.52. The molecule has 14 heavy (non-hydrogen) atoms. The lowest BCUT2D eigenvalue weighted by Gasteiger charge is -2.05. The fourth-order valence-electron chi connectivity index (χ4n) is 1.95. The molecule has 2 unspecified atom stereocenters. The van der Waals surface area contributed by atoms with Gasteiger partial charge in [-0.25, -0.2) is 0 Å². The summed E-state index contributed by atoms with van der Waals surface area (Å²) in [5, 5.41) is 4.41. The third-order valence-corrected chi connectivity index (χ3v) is 3.41. The number of thiophene rings is 1. The number of fused-ring (bicyclic) bond motifs is 1. The predicted molar refractivity (Wildman–Crippen MR) is 64.4 cm³/mol. The van der Waals surface area contributed by atoms with E-state index in [1.54, 1.807) is 16.9 Å². The van der Waals surface area contributed by atoms with Crippen molar-refractivity contribution in [3.63, 3.8) is 0 Å². The summed E-state index contributed by atoms with van der Waals surface area (Å²) in [6.07, 6.45) is 8.19. The van der Waals surface area contributed by atoms with Crippen molar-refractivity contribution in [3.8, 4) is 0 Å². The van der Waals surface area contributed by atoms with Crippen molar-refractivity contribution in [1.29, 1.82) is 0 Å². The van der Waals surface area contributed by atoms with Crippen LogP contribution in [0.15, 0.2) is 35.1 Å². The van der Waals surface area contributed by atoms with Gasteiger partial charge in [0.1, 0.15) is 0 Å². The minimum Gasteiger partial charge on any atom is -0.152 e. The molecule has 1 saturated carbocycles. The Bertz CT molecular complexity index is 343. The van der Waals surface area contributed by atoms with Gasteiger partial charge in [-0.2, -0.15) is 11.3 Å². The van der Waals surface area contributed by atoms with E-state index >= 15 is 0 Å². The van der Waals surface area contributed by atoms with E-state index in [2.05, 4.69) is 35.1 Å². The summed E-state index contributed by atoms with van der Waals surface area (Å²) < 4.78 is 0. The van der Waals surface area contributed by atoms with Crippen LogP contribution in [0.2, 0.25) is 0 Å². The molecule has 0 aliphatic heterocycles. The van der Waals surface area contributed by atoms with Crippen molar-refractivity contribution in [3.05, 3.63) is 40.6 Å². The van der Waals surface area contributed by atoms with Crippen LogP contribution >= 0.6 is 11.3 Å². The summed E-state index contributed by atoms with van der Waals surface area (Å²) in [5.74, 6) is 1.72. The molecule has 74 valence electrons. The molecule has 1 fully saturated rings. The highest BCUT2D eigenvalue weighted by molar-refractivity contribution is 7.08. The van der Waals surface area contributed by atoms with Crippen molar-refractivity contribution in [2.75, 3.05) is 0 Å². The average Bonchev–Trinajstić information content (AvgIpc) is 2.85. The van der Waals surface area contributed by atoms with Gasteiger partial charge in [0.15, 0.2) is 0 Å². The van der Waals surface area contributed by atoms with Crippen LogP contribution in [0.1, 0.15) is 25.8 Å². The highest BCUT2D eigenvalue weighted by atomic mass is 32.1. The van der Waals surface area contributed by atoms with Gasteiger partial charge in [0.2, 0.25) is 0 Å². The van der Waals surface area contributed by atoms with Crippen LogP contribution < -0.4 is 0 Å². The molecule has 0 aromatic carbocycles. The largest absolute Gasteiger partial charge is 0.152 e. The Morgan fingerprint density at radius 2 is 2.21 bits per heavy atom. The van der Waals surface area contributed by atoms with E-state index in [9.17, 15) is 0 Å². The van der Waals surface area contributed by atoms with Crippen LogP contribution in [-0.4, -0.2) is 0 Å². The zero-order chi connectivity index (χ0) is 9.97. The molecule has 0 amide bonds. The van der Waals surface area contributed by atoms with Gasteiger partial charge in [-0.3, -0.25) is 0 Å². The summed E-state index contributed by atoms with van der Waals surface area (Å²) in [6.45, 7) is 4.00. The monoisotopic (exact) mass is 204 g/mol. The maximum atomic E-state index is 2.33. The zero-order valence-corrected chi connectivity index (χ0v) is 9.55. The molecule has 0 saturated heterocycles. The van der Waals surface area contributed by atoms with E-state index in [0.717, 1.165) is 11.8 Å². The van der Waals surface area contributed by atoms with Crippen LogP contribution in [0, 0.1) is 11.8 Å². The molecule has 1 heteroatoms. The Kier molecular flexibility index (Phi) is 2.87. The van der Waals surface area contributed by atoms with Crippen LogP contribution in [0.5, 0.6) is 0 Å². The van der Waals surface area contributed by atoms with Gasteiger partial charge in [-0.15, -0.1) is 0 Å². The molecule has 2 atom stereocenters.